The van der Waals surface area contributed by atoms with Gasteiger partial charge < -0.3 is 10.8 Å². The summed E-state index contributed by atoms with van der Waals surface area (Å²) in [5.74, 6) is -1.00. The molecule has 18 heavy (non-hydrogen) atoms. The first kappa shape index (κ1) is 13.2. The van der Waals surface area contributed by atoms with Gasteiger partial charge in [-0.2, -0.15) is 0 Å². The number of carboxylic acid groups (broad SMARTS) is 1. The Labute approximate surface area is 123 Å². The van der Waals surface area contributed by atoms with E-state index in [9.17, 15) is 4.79 Å². The van der Waals surface area contributed by atoms with Crippen LogP contribution in [0.2, 0.25) is 0 Å². The summed E-state index contributed by atoms with van der Waals surface area (Å²) in [5, 5.41) is 9.00. The summed E-state index contributed by atoms with van der Waals surface area (Å²) in [6.07, 6.45) is 0. The lowest BCUT2D eigenvalue weighted by Gasteiger charge is -2.05. The second kappa shape index (κ2) is 5.62. The van der Waals surface area contributed by atoms with Crippen LogP contribution in [-0.2, 0) is 0 Å². The first-order chi connectivity index (χ1) is 8.56. The highest BCUT2D eigenvalue weighted by Gasteiger charge is 2.09. The van der Waals surface area contributed by atoms with Crippen molar-refractivity contribution in [1.82, 2.24) is 0 Å². The van der Waals surface area contributed by atoms with Crippen LogP contribution in [0, 0.1) is 3.57 Å². The Hall–Kier alpha value is -1.21. The number of carboxylic acids is 1. The van der Waals surface area contributed by atoms with Crippen molar-refractivity contribution < 1.29 is 9.90 Å². The van der Waals surface area contributed by atoms with Gasteiger partial charge in [-0.3, -0.25) is 0 Å². The molecule has 0 aliphatic heterocycles. The molecular formula is C13H10INO2S. The van der Waals surface area contributed by atoms with Gasteiger partial charge in [0.2, 0.25) is 0 Å². The van der Waals surface area contributed by atoms with E-state index >= 15 is 0 Å². The van der Waals surface area contributed by atoms with E-state index in [0.717, 1.165) is 9.79 Å². The number of rotatable bonds is 3. The van der Waals surface area contributed by atoms with Crippen LogP contribution in [-0.4, -0.2) is 11.1 Å². The van der Waals surface area contributed by atoms with E-state index in [-0.39, 0.29) is 11.3 Å². The number of aromatic carboxylic acids is 1. The van der Waals surface area contributed by atoms with Crippen LogP contribution in [0.3, 0.4) is 0 Å². The van der Waals surface area contributed by atoms with Crippen molar-refractivity contribution in [3.05, 3.63) is 51.6 Å². The minimum absolute atomic E-state index is 0.144. The average Bonchev–Trinajstić information content (AvgIpc) is 2.34. The van der Waals surface area contributed by atoms with E-state index in [2.05, 4.69) is 22.6 Å². The number of hydrogen-bond acceptors (Lipinski definition) is 3. The second-order valence-electron chi connectivity index (χ2n) is 3.61. The van der Waals surface area contributed by atoms with Crippen molar-refractivity contribution in [3.8, 4) is 0 Å². The van der Waals surface area contributed by atoms with Crippen LogP contribution in [0.5, 0.6) is 0 Å². The normalized spacial score (nSPS) is 10.3. The Morgan fingerprint density at radius 1 is 1.11 bits per heavy atom. The lowest BCUT2D eigenvalue weighted by atomic mass is 10.2. The lowest BCUT2D eigenvalue weighted by Crippen LogP contribution is -2.01. The van der Waals surface area contributed by atoms with Gasteiger partial charge in [-0.1, -0.05) is 11.8 Å². The van der Waals surface area contributed by atoms with Crippen LogP contribution < -0.4 is 5.73 Å². The van der Waals surface area contributed by atoms with Gasteiger partial charge in [0.05, 0.1) is 5.56 Å². The topological polar surface area (TPSA) is 63.3 Å². The van der Waals surface area contributed by atoms with Crippen LogP contribution in [0.15, 0.2) is 52.3 Å². The molecule has 0 spiro atoms. The predicted molar refractivity (Wildman–Crippen MR) is 81.1 cm³/mol. The van der Waals surface area contributed by atoms with E-state index in [1.807, 2.05) is 30.3 Å². The molecule has 0 saturated heterocycles. The van der Waals surface area contributed by atoms with Gasteiger partial charge in [-0.25, -0.2) is 4.79 Å². The molecule has 2 aromatic rings. The van der Waals surface area contributed by atoms with Crippen molar-refractivity contribution in [2.45, 2.75) is 9.79 Å². The first-order valence-corrected chi connectivity index (χ1v) is 7.02. The lowest BCUT2D eigenvalue weighted by molar-refractivity contribution is 0.0698. The van der Waals surface area contributed by atoms with Crippen LogP contribution >= 0.6 is 34.4 Å². The van der Waals surface area contributed by atoms with E-state index in [1.165, 1.54) is 15.3 Å². The summed E-state index contributed by atoms with van der Waals surface area (Å²) >= 11 is 3.76. The number of halogens is 1. The number of nitrogen functional groups attached to an aromatic ring is 1. The molecule has 0 aliphatic rings. The maximum atomic E-state index is 11.0. The highest BCUT2D eigenvalue weighted by molar-refractivity contribution is 14.1. The largest absolute Gasteiger partial charge is 0.478 e. The molecule has 3 N–H and O–H groups in total. The van der Waals surface area contributed by atoms with Gasteiger partial charge in [0.25, 0.3) is 0 Å². The average molecular weight is 371 g/mol. The molecule has 0 bridgehead atoms. The Balaban J connectivity index is 2.27. The maximum absolute atomic E-state index is 11.0. The molecule has 0 atom stereocenters. The van der Waals surface area contributed by atoms with Crippen molar-refractivity contribution >= 4 is 46.0 Å². The Morgan fingerprint density at radius 2 is 1.72 bits per heavy atom. The number of anilines is 1. The van der Waals surface area contributed by atoms with E-state index in [4.69, 9.17) is 10.8 Å². The molecule has 0 saturated carbocycles. The molecule has 0 radical (unpaired) electrons. The van der Waals surface area contributed by atoms with E-state index < -0.39 is 5.97 Å². The van der Waals surface area contributed by atoms with E-state index in [0.29, 0.717) is 0 Å². The number of hydrogen-bond donors (Lipinski definition) is 2. The van der Waals surface area contributed by atoms with Gasteiger partial charge in [-0.15, -0.1) is 0 Å². The van der Waals surface area contributed by atoms with Gasteiger partial charge in [-0.05, 0) is 65.1 Å². The number of benzene rings is 2. The van der Waals surface area contributed by atoms with Gasteiger partial charge in [0.1, 0.15) is 0 Å². The number of nitrogens with two attached hydrogens (primary N) is 1. The molecule has 5 heteroatoms. The Morgan fingerprint density at radius 3 is 2.33 bits per heavy atom. The molecule has 0 unspecified atom stereocenters. The maximum Gasteiger partial charge on any atom is 0.337 e. The molecule has 3 nitrogen and oxygen atoms in total. The minimum Gasteiger partial charge on any atom is -0.478 e. The molecule has 2 aromatic carbocycles. The summed E-state index contributed by atoms with van der Waals surface area (Å²) in [5.41, 5.74) is 6.04. The molecule has 0 amide bonds. The van der Waals surface area contributed by atoms with Crippen molar-refractivity contribution in [1.29, 1.82) is 0 Å². The molecule has 0 fully saturated rings. The molecule has 92 valence electrons. The van der Waals surface area contributed by atoms with Gasteiger partial charge in [0.15, 0.2) is 0 Å². The van der Waals surface area contributed by atoms with Crippen LogP contribution in [0.4, 0.5) is 5.69 Å². The fourth-order valence-electron chi connectivity index (χ4n) is 1.42. The van der Waals surface area contributed by atoms with Crippen LogP contribution in [0.1, 0.15) is 10.4 Å². The molecule has 2 rings (SSSR count). The monoisotopic (exact) mass is 371 g/mol. The quantitative estimate of drug-likeness (QED) is 0.638. The highest BCUT2D eigenvalue weighted by atomic mass is 127. The summed E-state index contributed by atoms with van der Waals surface area (Å²) in [7, 11) is 0. The third-order valence-corrected chi connectivity index (χ3v) is 4.02. The molecule has 0 aromatic heterocycles. The zero-order chi connectivity index (χ0) is 13.1. The molecule has 0 heterocycles. The summed E-state index contributed by atoms with van der Waals surface area (Å²) in [6.45, 7) is 0. The Kier molecular flexibility index (Phi) is 4.13. The standard InChI is InChI=1S/C13H10INO2S/c14-8-1-3-9(4-2-8)18-10-5-6-12(15)11(7-10)13(16)17/h1-7H,15H2,(H,16,17). The molecular weight excluding hydrogens is 361 g/mol. The van der Waals surface area contributed by atoms with Crippen molar-refractivity contribution in [3.63, 3.8) is 0 Å². The van der Waals surface area contributed by atoms with Crippen LogP contribution in [0.25, 0.3) is 0 Å². The third-order valence-electron chi connectivity index (χ3n) is 2.30. The third kappa shape index (κ3) is 3.17. The highest BCUT2D eigenvalue weighted by Crippen LogP contribution is 2.30. The predicted octanol–water partition coefficient (Wildman–Crippen LogP) is 3.72. The minimum atomic E-state index is -1.00. The van der Waals surface area contributed by atoms with Gasteiger partial charge in [0, 0.05) is 19.0 Å². The first-order valence-electron chi connectivity index (χ1n) is 5.12. The fraction of sp³-hybridized carbons (Fsp3) is 0. The smallest absolute Gasteiger partial charge is 0.337 e. The second-order valence-corrected chi connectivity index (χ2v) is 6.00. The summed E-state index contributed by atoms with van der Waals surface area (Å²) in [6, 6.07) is 13.1. The SMILES string of the molecule is Nc1ccc(Sc2ccc(I)cc2)cc1C(=O)O. The summed E-state index contributed by atoms with van der Waals surface area (Å²) in [4.78, 5) is 12.9. The van der Waals surface area contributed by atoms with Gasteiger partial charge >= 0.3 is 5.97 Å². The fourth-order valence-corrected chi connectivity index (χ4v) is 2.64. The summed E-state index contributed by atoms with van der Waals surface area (Å²) < 4.78 is 1.17. The van der Waals surface area contributed by atoms with Crippen molar-refractivity contribution in [2.75, 3.05) is 5.73 Å². The molecule has 0 aliphatic carbocycles. The number of carbonyl (C=O) groups is 1. The van der Waals surface area contributed by atoms with Crippen molar-refractivity contribution in [2.24, 2.45) is 0 Å². The zero-order valence-corrected chi connectivity index (χ0v) is 12.2. The zero-order valence-electron chi connectivity index (χ0n) is 9.26. The van der Waals surface area contributed by atoms with E-state index in [1.54, 1.807) is 12.1 Å². The Bertz CT molecular complexity index is 584.